The molecule has 7 heteroatoms. The number of sulfonamides is 1. The first kappa shape index (κ1) is 15.9. The van der Waals surface area contributed by atoms with Crippen LogP contribution in [0.15, 0.2) is 24.3 Å². The lowest BCUT2D eigenvalue weighted by Crippen LogP contribution is -2.44. The van der Waals surface area contributed by atoms with E-state index in [0.29, 0.717) is 18.5 Å². The summed E-state index contributed by atoms with van der Waals surface area (Å²) in [6, 6.07) is 6.98. The third-order valence-electron chi connectivity index (χ3n) is 4.32. The molecule has 1 unspecified atom stereocenters. The average Bonchev–Trinajstić information content (AvgIpc) is 2.48. The number of hydrogen-bond acceptors (Lipinski definition) is 4. The van der Waals surface area contributed by atoms with Crippen molar-refractivity contribution in [1.82, 2.24) is 4.31 Å². The van der Waals surface area contributed by atoms with Crippen molar-refractivity contribution in [3.05, 3.63) is 35.4 Å². The van der Waals surface area contributed by atoms with Crippen LogP contribution in [-0.2, 0) is 31.7 Å². The molecule has 0 N–H and O–H groups in total. The first-order valence-electron chi connectivity index (χ1n) is 7.30. The summed E-state index contributed by atoms with van der Waals surface area (Å²) in [4.78, 5) is 0. The quantitative estimate of drug-likeness (QED) is 0.839. The first-order chi connectivity index (χ1) is 10.4. The van der Waals surface area contributed by atoms with Gasteiger partial charge in [0.2, 0.25) is 10.0 Å². The second-order valence-electron chi connectivity index (χ2n) is 5.91. The molecule has 1 atom stereocenters. The minimum atomic E-state index is -3.24. The summed E-state index contributed by atoms with van der Waals surface area (Å²) in [5.41, 5.74) is 0.0309. The number of ether oxygens (including phenoxy) is 2. The minimum absolute atomic E-state index is 0.0657. The zero-order chi connectivity index (χ0) is 15.8. The van der Waals surface area contributed by atoms with Crippen LogP contribution in [0.4, 0.5) is 4.39 Å². The van der Waals surface area contributed by atoms with Gasteiger partial charge in [-0.2, -0.15) is 4.31 Å². The highest BCUT2D eigenvalue weighted by atomic mass is 32.2. The Hall–Kier alpha value is -1.02. The number of nitrogens with zero attached hydrogens (tertiary/aromatic N) is 1. The molecule has 5 nitrogen and oxygen atoms in total. The van der Waals surface area contributed by atoms with Crippen molar-refractivity contribution in [3.8, 4) is 0 Å². The van der Waals surface area contributed by atoms with Crippen LogP contribution in [0.25, 0.3) is 0 Å². The topological polar surface area (TPSA) is 55.8 Å². The molecule has 3 rings (SSSR count). The molecule has 2 saturated heterocycles. The lowest BCUT2D eigenvalue weighted by molar-refractivity contribution is -0.135. The Morgan fingerprint density at radius 2 is 2.05 bits per heavy atom. The zero-order valence-corrected chi connectivity index (χ0v) is 13.3. The zero-order valence-electron chi connectivity index (χ0n) is 12.5. The van der Waals surface area contributed by atoms with Crippen molar-refractivity contribution < 1.29 is 22.3 Å². The van der Waals surface area contributed by atoms with Gasteiger partial charge in [0, 0.05) is 20.2 Å². The van der Waals surface area contributed by atoms with E-state index in [1.807, 2.05) is 0 Å². The fraction of sp³-hybridized carbons (Fsp3) is 0.600. The molecule has 0 radical (unpaired) electrons. The van der Waals surface area contributed by atoms with E-state index in [2.05, 4.69) is 0 Å². The summed E-state index contributed by atoms with van der Waals surface area (Å²) in [6.07, 6.45) is 0.461. The molecule has 1 aromatic carbocycles. The van der Waals surface area contributed by atoms with Gasteiger partial charge in [-0.15, -0.1) is 0 Å². The van der Waals surface area contributed by atoms with E-state index in [4.69, 9.17) is 9.47 Å². The van der Waals surface area contributed by atoms with Crippen molar-refractivity contribution in [2.24, 2.45) is 0 Å². The molecule has 0 aliphatic carbocycles. The van der Waals surface area contributed by atoms with Gasteiger partial charge < -0.3 is 9.47 Å². The van der Waals surface area contributed by atoms with E-state index in [1.165, 1.54) is 4.31 Å². The van der Waals surface area contributed by atoms with Crippen LogP contribution in [0.3, 0.4) is 0 Å². The Morgan fingerprint density at radius 1 is 1.36 bits per heavy atom. The highest BCUT2D eigenvalue weighted by Crippen LogP contribution is 2.34. The Labute approximate surface area is 130 Å². The lowest BCUT2D eigenvalue weighted by Gasteiger charge is -2.34. The van der Waals surface area contributed by atoms with Crippen LogP contribution in [0.2, 0.25) is 0 Å². The molecule has 0 saturated carbocycles. The Kier molecular flexibility index (Phi) is 4.24. The molecule has 2 aliphatic rings. The number of benzene rings is 1. The summed E-state index contributed by atoms with van der Waals surface area (Å²) < 4.78 is 50.1. The summed E-state index contributed by atoms with van der Waals surface area (Å²) in [7, 11) is -1.64. The van der Waals surface area contributed by atoms with Gasteiger partial charge in [0.25, 0.3) is 0 Å². The van der Waals surface area contributed by atoms with E-state index >= 15 is 0 Å². The van der Waals surface area contributed by atoms with E-state index < -0.39 is 15.7 Å². The van der Waals surface area contributed by atoms with Crippen molar-refractivity contribution in [3.63, 3.8) is 0 Å². The predicted octanol–water partition coefficient (Wildman–Crippen LogP) is 1.43. The van der Waals surface area contributed by atoms with Gasteiger partial charge in [0.05, 0.1) is 25.1 Å². The van der Waals surface area contributed by atoms with E-state index in [0.717, 1.165) is 5.56 Å². The van der Waals surface area contributed by atoms with Crippen LogP contribution in [0.1, 0.15) is 17.5 Å². The number of alkyl halides is 1. The molecule has 2 fully saturated rings. The maximum absolute atomic E-state index is 14.2. The third kappa shape index (κ3) is 3.03. The molecule has 122 valence electrons. The molecular weight excluding hydrogens is 309 g/mol. The summed E-state index contributed by atoms with van der Waals surface area (Å²) in [6.45, 7) is 0.824. The largest absolute Gasteiger partial charge is 0.380 e. The Balaban J connectivity index is 1.71. The SMILES string of the molecule is COC1CCS(=O)(=O)N(Cc2ccc(C3(F)COC3)cc2)C1. The first-order valence-corrected chi connectivity index (χ1v) is 8.91. The number of hydrogen-bond donors (Lipinski definition) is 0. The molecule has 22 heavy (non-hydrogen) atoms. The van der Waals surface area contributed by atoms with Crippen molar-refractivity contribution in [1.29, 1.82) is 0 Å². The molecule has 0 bridgehead atoms. The Bertz CT molecular complexity index is 627. The molecular formula is C15H20FNO4S. The average molecular weight is 329 g/mol. The highest BCUT2D eigenvalue weighted by Gasteiger charge is 2.40. The lowest BCUT2D eigenvalue weighted by atomic mass is 9.93. The molecule has 1 aromatic rings. The minimum Gasteiger partial charge on any atom is -0.380 e. The maximum Gasteiger partial charge on any atom is 0.214 e. The van der Waals surface area contributed by atoms with E-state index in [1.54, 1.807) is 31.4 Å². The van der Waals surface area contributed by atoms with Crippen molar-refractivity contribution in [2.75, 3.05) is 32.6 Å². The second-order valence-corrected chi connectivity index (χ2v) is 8.00. The number of rotatable bonds is 4. The van der Waals surface area contributed by atoms with Crippen molar-refractivity contribution >= 4 is 10.0 Å². The van der Waals surface area contributed by atoms with Crippen LogP contribution >= 0.6 is 0 Å². The maximum atomic E-state index is 14.2. The normalized spacial score (nSPS) is 27.3. The molecule has 0 amide bonds. The third-order valence-corrected chi connectivity index (χ3v) is 6.14. The van der Waals surface area contributed by atoms with Gasteiger partial charge in [-0.3, -0.25) is 0 Å². The summed E-state index contributed by atoms with van der Waals surface area (Å²) >= 11 is 0. The molecule has 0 aromatic heterocycles. The molecule has 0 spiro atoms. The highest BCUT2D eigenvalue weighted by molar-refractivity contribution is 7.89. The fourth-order valence-corrected chi connectivity index (χ4v) is 4.32. The summed E-state index contributed by atoms with van der Waals surface area (Å²) in [5, 5.41) is 0. The van der Waals surface area contributed by atoms with Gasteiger partial charge in [-0.1, -0.05) is 24.3 Å². The van der Waals surface area contributed by atoms with Crippen LogP contribution < -0.4 is 0 Å². The summed E-state index contributed by atoms with van der Waals surface area (Å²) in [5.74, 6) is 0.106. The van der Waals surface area contributed by atoms with Crippen LogP contribution in [-0.4, -0.2) is 51.4 Å². The standard InChI is InChI=1S/C15H20FNO4S/c1-20-14-6-7-22(18,19)17(9-14)8-12-2-4-13(5-3-12)15(16)10-21-11-15/h2-5,14H,6-11H2,1H3. The fourth-order valence-electron chi connectivity index (χ4n) is 2.76. The van der Waals surface area contributed by atoms with Gasteiger partial charge in [-0.25, -0.2) is 12.8 Å². The molecule has 2 heterocycles. The predicted molar refractivity (Wildman–Crippen MR) is 79.7 cm³/mol. The van der Waals surface area contributed by atoms with E-state index in [9.17, 15) is 12.8 Å². The molecule has 2 aliphatic heterocycles. The van der Waals surface area contributed by atoms with Crippen LogP contribution in [0.5, 0.6) is 0 Å². The van der Waals surface area contributed by atoms with Crippen molar-refractivity contribution in [2.45, 2.75) is 24.7 Å². The van der Waals surface area contributed by atoms with E-state index in [-0.39, 0.29) is 31.6 Å². The number of halogens is 1. The van der Waals surface area contributed by atoms with Gasteiger partial charge >= 0.3 is 0 Å². The second kappa shape index (κ2) is 5.88. The monoisotopic (exact) mass is 329 g/mol. The number of methoxy groups -OCH3 is 1. The van der Waals surface area contributed by atoms with Crippen LogP contribution in [0, 0.1) is 0 Å². The smallest absolute Gasteiger partial charge is 0.214 e. The van der Waals surface area contributed by atoms with Gasteiger partial charge in [-0.05, 0) is 17.5 Å². The van der Waals surface area contributed by atoms with Gasteiger partial charge in [0.1, 0.15) is 0 Å². The Morgan fingerprint density at radius 3 is 2.59 bits per heavy atom. The van der Waals surface area contributed by atoms with Gasteiger partial charge in [0.15, 0.2) is 5.67 Å².